The normalized spacial score (nSPS) is 10.3. The van der Waals surface area contributed by atoms with E-state index in [4.69, 9.17) is 5.26 Å². The van der Waals surface area contributed by atoms with Gasteiger partial charge in [0, 0.05) is 18.0 Å². The zero-order valence-corrected chi connectivity index (χ0v) is 10.8. The minimum Gasteiger partial charge on any atom is -0.234 e. The first-order chi connectivity index (χ1) is 10.3. The van der Waals surface area contributed by atoms with Crippen LogP contribution in [0.25, 0.3) is 11.6 Å². The predicted octanol–water partition coefficient (Wildman–Crippen LogP) is 1.79. The Kier molecular flexibility index (Phi) is 3.35. The molecule has 0 spiro atoms. The van der Waals surface area contributed by atoms with Crippen LogP contribution in [0.15, 0.2) is 42.7 Å². The van der Waals surface area contributed by atoms with Gasteiger partial charge in [-0.3, -0.25) is 0 Å². The maximum absolute atomic E-state index is 13.7. The Morgan fingerprint density at radius 2 is 1.86 bits per heavy atom. The molecule has 3 aromatic rings. The van der Waals surface area contributed by atoms with Crippen LogP contribution in [0.2, 0.25) is 0 Å². The highest BCUT2D eigenvalue weighted by Gasteiger charge is 2.14. The second-order valence-electron chi connectivity index (χ2n) is 4.19. The van der Waals surface area contributed by atoms with Crippen LogP contribution >= 0.6 is 0 Å². The lowest BCUT2D eigenvalue weighted by Gasteiger charge is -2.03. The van der Waals surface area contributed by atoms with E-state index in [1.54, 1.807) is 36.7 Å². The van der Waals surface area contributed by atoms with Crippen LogP contribution in [0.1, 0.15) is 11.4 Å². The summed E-state index contributed by atoms with van der Waals surface area (Å²) in [5, 5.41) is 13.3. The molecule has 0 saturated heterocycles. The van der Waals surface area contributed by atoms with Gasteiger partial charge in [-0.25, -0.2) is 19.0 Å². The highest BCUT2D eigenvalue weighted by atomic mass is 19.1. The van der Waals surface area contributed by atoms with E-state index in [1.165, 1.54) is 10.7 Å². The van der Waals surface area contributed by atoms with E-state index in [9.17, 15) is 4.39 Å². The molecule has 2 heterocycles. The van der Waals surface area contributed by atoms with Gasteiger partial charge in [-0.2, -0.15) is 10.2 Å². The first-order valence-electron chi connectivity index (χ1n) is 6.13. The number of hydrogen-bond donors (Lipinski definition) is 0. The maximum Gasteiger partial charge on any atom is 0.231 e. The first kappa shape index (κ1) is 12.9. The Morgan fingerprint density at radius 1 is 1.10 bits per heavy atom. The highest BCUT2D eigenvalue weighted by Crippen LogP contribution is 2.13. The third kappa shape index (κ3) is 2.60. The monoisotopic (exact) mass is 280 g/mol. The summed E-state index contributed by atoms with van der Waals surface area (Å²) in [7, 11) is 0. The Hall–Kier alpha value is -3.14. The lowest BCUT2D eigenvalue weighted by Crippen LogP contribution is -2.06. The molecular weight excluding hydrogens is 271 g/mol. The number of nitrogens with zero attached hydrogens (tertiary/aromatic N) is 6. The van der Waals surface area contributed by atoms with Gasteiger partial charge in [-0.05, 0) is 12.1 Å². The van der Waals surface area contributed by atoms with Gasteiger partial charge >= 0.3 is 0 Å². The number of halogens is 1. The first-order valence-corrected chi connectivity index (χ1v) is 6.13. The summed E-state index contributed by atoms with van der Waals surface area (Å²) in [6.07, 6.45) is 3.12. The molecule has 0 aliphatic heterocycles. The summed E-state index contributed by atoms with van der Waals surface area (Å²) in [5.74, 6) is 0.292. The molecule has 1 aromatic carbocycles. The third-order valence-corrected chi connectivity index (χ3v) is 2.82. The molecule has 0 fully saturated rings. The second-order valence-corrected chi connectivity index (χ2v) is 4.19. The van der Waals surface area contributed by atoms with Crippen LogP contribution in [0.4, 0.5) is 4.39 Å². The molecule has 0 aliphatic carbocycles. The number of rotatable bonds is 3. The Labute approximate surface area is 119 Å². The fraction of sp³-hybridized carbons (Fsp3) is 0.0714. The van der Waals surface area contributed by atoms with Gasteiger partial charge in [-0.1, -0.05) is 18.2 Å². The van der Waals surface area contributed by atoms with E-state index >= 15 is 0 Å². The molecule has 2 aromatic heterocycles. The van der Waals surface area contributed by atoms with Crippen molar-refractivity contribution in [3.8, 4) is 17.7 Å². The van der Waals surface area contributed by atoms with Gasteiger partial charge in [0.05, 0.1) is 6.54 Å². The average Bonchev–Trinajstić information content (AvgIpc) is 2.93. The largest absolute Gasteiger partial charge is 0.234 e. The zero-order valence-electron chi connectivity index (χ0n) is 10.8. The molecule has 6 nitrogen and oxygen atoms in total. The van der Waals surface area contributed by atoms with Crippen molar-refractivity contribution < 1.29 is 4.39 Å². The third-order valence-electron chi connectivity index (χ3n) is 2.82. The zero-order chi connectivity index (χ0) is 14.7. The van der Waals surface area contributed by atoms with Crippen molar-refractivity contribution in [3.63, 3.8) is 0 Å². The summed E-state index contributed by atoms with van der Waals surface area (Å²) < 4.78 is 15.0. The van der Waals surface area contributed by atoms with Gasteiger partial charge in [0.25, 0.3) is 0 Å². The molecule has 7 heteroatoms. The summed E-state index contributed by atoms with van der Waals surface area (Å²) >= 11 is 0. The SMILES string of the molecule is N#Cc1nc(-c2ncccn2)nn1Cc1ccccc1F. The Morgan fingerprint density at radius 3 is 2.57 bits per heavy atom. The molecule has 0 aliphatic rings. The van der Waals surface area contributed by atoms with Crippen LogP contribution in [0.5, 0.6) is 0 Å². The summed E-state index contributed by atoms with van der Waals surface area (Å²) in [6.45, 7) is 0.120. The molecule has 0 atom stereocenters. The van der Waals surface area contributed by atoms with Crippen LogP contribution in [-0.4, -0.2) is 24.7 Å². The van der Waals surface area contributed by atoms with Gasteiger partial charge in [-0.15, -0.1) is 5.10 Å². The topological polar surface area (TPSA) is 80.3 Å². The van der Waals surface area contributed by atoms with E-state index in [2.05, 4.69) is 20.1 Å². The number of nitriles is 1. The van der Waals surface area contributed by atoms with E-state index < -0.39 is 0 Å². The molecule has 21 heavy (non-hydrogen) atoms. The molecule has 0 saturated carbocycles. The predicted molar refractivity (Wildman–Crippen MR) is 71.3 cm³/mol. The Balaban J connectivity index is 1.98. The van der Waals surface area contributed by atoms with E-state index in [0.717, 1.165) is 0 Å². The molecule has 0 unspecified atom stereocenters. The quantitative estimate of drug-likeness (QED) is 0.730. The fourth-order valence-electron chi connectivity index (χ4n) is 1.83. The lowest BCUT2D eigenvalue weighted by atomic mass is 10.2. The van der Waals surface area contributed by atoms with Crippen molar-refractivity contribution in [2.45, 2.75) is 6.54 Å². The molecule has 0 bridgehead atoms. The highest BCUT2D eigenvalue weighted by molar-refractivity contribution is 5.42. The number of benzene rings is 1. The number of hydrogen-bond acceptors (Lipinski definition) is 5. The van der Waals surface area contributed by atoms with Crippen LogP contribution in [0.3, 0.4) is 0 Å². The molecule has 0 N–H and O–H groups in total. The smallest absolute Gasteiger partial charge is 0.231 e. The van der Waals surface area contributed by atoms with Gasteiger partial charge in [0.2, 0.25) is 11.6 Å². The minimum atomic E-state index is -0.352. The average molecular weight is 280 g/mol. The lowest BCUT2D eigenvalue weighted by molar-refractivity contribution is 0.583. The van der Waals surface area contributed by atoms with Crippen LogP contribution < -0.4 is 0 Å². The van der Waals surface area contributed by atoms with E-state index in [-0.39, 0.29) is 24.0 Å². The van der Waals surface area contributed by atoms with Crippen molar-refractivity contribution in [1.29, 1.82) is 5.26 Å². The van der Waals surface area contributed by atoms with Gasteiger partial charge < -0.3 is 0 Å². The van der Waals surface area contributed by atoms with Crippen molar-refractivity contribution in [3.05, 3.63) is 59.9 Å². The van der Waals surface area contributed by atoms with Crippen LogP contribution in [-0.2, 0) is 6.54 Å². The molecular formula is C14H9FN6. The van der Waals surface area contributed by atoms with E-state index in [0.29, 0.717) is 11.4 Å². The fourth-order valence-corrected chi connectivity index (χ4v) is 1.83. The standard InChI is InChI=1S/C14H9FN6/c15-11-5-2-1-4-10(11)9-21-12(8-16)19-14(20-21)13-17-6-3-7-18-13/h1-7H,9H2. The van der Waals surface area contributed by atoms with Crippen molar-refractivity contribution in [2.75, 3.05) is 0 Å². The van der Waals surface area contributed by atoms with Crippen molar-refractivity contribution in [2.24, 2.45) is 0 Å². The maximum atomic E-state index is 13.7. The van der Waals surface area contributed by atoms with Crippen LogP contribution in [0, 0.1) is 17.1 Å². The number of aromatic nitrogens is 5. The Bertz CT molecular complexity index is 806. The van der Waals surface area contributed by atoms with Crippen molar-refractivity contribution >= 4 is 0 Å². The molecule has 102 valence electrons. The van der Waals surface area contributed by atoms with Gasteiger partial charge in [0.1, 0.15) is 11.9 Å². The van der Waals surface area contributed by atoms with Gasteiger partial charge in [0.15, 0.2) is 5.82 Å². The second kappa shape index (κ2) is 5.46. The van der Waals surface area contributed by atoms with E-state index in [1.807, 2.05) is 6.07 Å². The molecule has 3 rings (SSSR count). The molecule has 0 radical (unpaired) electrons. The molecule has 0 amide bonds. The minimum absolute atomic E-state index is 0.0840. The summed E-state index contributed by atoms with van der Waals surface area (Å²) in [4.78, 5) is 12.1. The summed E-state index contributed by atoms with van der Waals surface area (Å²) in [6, 6.07) is 9.94. The summed E-state index contributed by atoms with van der Waals surface area (Å²) in [5.41, 5.74) is 0.430. The van der Waals surface area contributed by atoms with Crippen molar-refractivity contribution in [1.82, 2.24) is 24.7 Å².